The van der Waals surface area contributed by atoms with E-state index in [0.29, 0.717) is 41.5 Å². The molecule has 0 bridgehead atoms. The maximum atomic E-state index is 15.7. The third-order valence-electron chi connectivity index (χ3n) is 4.67. The minimum atomic E-state index is -0.434. The molecule has 0 aliphatic carbocycles. The van der Waals surface area contributed by atoms with Crippen molar-refractivity contribution in [1.82, 2.24) is 14.5 Å². The Morgan fingerprint density at radius 3 is 2.67 bits per heavy atom. The van der Waals surface area contributed by atoms with E-state index in [9.17, 15) is 0 Å². The summed E-state index contributed by atoms with van der Waals surface area (Å²) < 4.78 is 27.9. The first-order valence-corrected chi connectivity index (χ1v) is 9.78. The number of hydrogen-bond donors (Lipinski definition) is 2. The van der Waals surface area contributed by atoms with Crippen LogP contribution >= 0.6 is 11.6 Å². The van der Waals surface area contributed by atoms with Crippen molar-refractivity contribution in [3.63, 3.8) is 0 Å². The highest BCUT2D eigenvalue weighted by atomic mass is 35.5. The molecule has 7 nitrogen and oxygen atoms in total. The van der Waals surface area contributed by atoms with Crippen molar-refractivity contribution < 1.29 is 13.5 Å². The van der Waals surface area contributed by atoms with E-state index >= 15 is 4.39 Å². The second kappa shape index (κ2) is 8.33. The van der Waals surface area contributed by atoms with Gasteiger partial charge in [-0.2, -0.15) is 9.97 Å². The highest BCUT2D eigenvalue weighted by Gasteiger charge is 2.24. The van der Waals surface area contributed by atoms with Crippen LogP contribution in [-0.2, 0) is 13.0 Å². The summed E-state index contributed by atoms with van der Waals surface area (Å²) >= 11 is 6.19. The number of halogens is 2. The van der Waals surface area contributed by atoms with Gasteiger partial charge in [-0.05, 0) is 54.9 Å². The number of rotatable bonds is 7. The fourth-order valence-electron chi connectivity index (χ4n) is 3.36. The molecular weight excluding hydrogens is 409 g/mol. The van der Waals surface area contributed by atoms with Gasteiger partial charge in [0.05, 0.1) is 31.0 Å². The second-order valence-corrected chi connectivity index (χ2v) is 7.29. The lowest BCUT2D eigenvalue weighted by atomic mass is 10.1. The van der Waals surface area contributed by atoms with E-state index in [1.807, 2.05) is 25.1 Å². The van der Waals surface area contributed by atoms with Crippen LogP contribution < -0.4 is 15.8 Å². The number of anilines is 1. The number of nitrogens with zero attached hydrogens (tertiary/aromatic N) is 3. The summed E-state index contributed by atoms with van der Waals surface area (Å²) in [6.45, 7) is 2.15. The van der Waals surface area contributed by atoms with Crippen LogP contribution in [0.1, 0.15) is 18.4 Å². The van der Waals surface area contributed by atoms with Gasteiger partial charge in [-0.3, -0.25) is 4.57 Å². The molecule has 0 saturated heterocycles. The van der Waals surface area contributed by atoms with E-state index in [1.165, 1.54) is 0 Å². The lowest BCUT2D eigenvalue weighted by Crippen LogP contribution is -2.20. The third kappa shape index (κ3) is 3.83. The van der Waals surface area contributed by atoms with Gasteiger partial charge in [-0.15, -0.1) is 0 Å². The van der Waals surface area contributed by atoms with Crippen LogP contribution in [0.25, 0.3) is 16.7 Å². The van der Waals surface area contributed by atoms with Gasteiger partial charge in [0.2, 0.25) is 5.28 Å². The molecule has 0 unspecified atom stereocenters. The Balaban J connectivity index is 1.89. The molecule has 4 rings (SSSR count). The first-order valence-electron chi connectivity index (χ1n) is 9.40. The molecule has 0 amide bonds. The Morgan fingerprint density at radius 2 is 2.03 bits per heavy atom. The van der Waals surface area contributed by atoms with Crippen LogP contribution in [-0.4, -0.2) is 27.7 Å². The number of nitrogens with one attached hydrogen (secondary N) is 1. The van der Waals surface area contributed by atoms with Crippen LogP contribution in [0, 0.1) is 5.82 Å². The lowest BCUT2D eigenvalue weighted by molar-refractivity contribution is 0.414. The second-order valence-electron chi connectivity index (χ2n) is 6.95. The van der Waals surface area contributed by atoms with Crippen molar-refractivity contribution >= 4 is 28.5 Å². The van der Waals surface area contributed by atoms with Gasteiger partial charge < -0.3 is 20.2 Å². The summed E-state index contributed by atoms with van der Waals surface area (Å²) in [6.07, 6.45) is 1.88. The molecule has 0 saturated carbocycles. The van der Waals surface area contributed by atoms with Crippen LogP contribution in [0.4, 0.5) is 10.2 Å². The average molecular weight is 430 g/mol. The number of aromatic nitrogens is 3. The van der Waals surface area contributed by atoms with Crippen LogP contribution in [0.3, 0.4) is 0 Å². The molecule has 3 N–H and O–H groups in total. The third-order valence-corrected chi connectivity index (χ3v) is 4.84. The van der Waals surface area contributed by atoms with Gasteiger partial charge in [0, 0.05) is 18.2 Å². The first-order chi connectivity index (χ1) is 14.5. The molecule has 3 aromatic heterocycles. The van der Waals surface area contributed by atoms with Crippen molar-refractivity contribution in [2.45, 2.75) is 25.9 Å². The fraction of sp³-hybridized carbons (Fsp3) is 0.238. The van der Waals surface area contributed by atoms with E-state index < -0.39 is 5.82 Å². The number of hydrogen-bond acceptors (Lipinski definition) is 6. The molecule has 30 heavy (non-hydrogen) atoms. The average Bonchev–Trinajstić information content (AvgIpc) is 3.33. The Labute approximate surface area is 177 Å². The quantitative estimate of drug-likeness (QED) is 0.425. The Kier molecular flexibility index (Phi) is 5.61. The number of methoxy groups -OCH3 is 1. The Bertz CT molecular complexity index is 1160. The van der Waals surface area contributed by atoms with Crippen LogP contribution in [0.2, 0.25) is 5.28 Å². The summed E-state index contributed by atoms with van der Waals surface area (Å²) in [5.74, 6) is 1.23. The predicted octanol–water partition coefficient (Wildman–Crippen LogP) is 4.32. The summed E-state index contributed by atoms with van der Waals surface area (Å²) in [7, 11) is 1.59. The molecule has 0 fully saturated rings. The minimum absolute atomic E-state index is 0.00375. The van der Waals surface area contributed by atoms with Crippen LogP contribution in [0.15, 0.2) is 47.1 Å². The van der Waals surface area contributed by atoms with Gasteiger partial charge in [0.25, 0.3) is 0 Å². The predicted molar refractivity (Wildman–Crippen MR) is 114 cm³/mol. The molecule has 0 spiro atoms. The molecule has 0 radical (unpaired) electrons. The zero-order valence-electron chi connectivity index (χ0n) is 16.5. The summed E-state index contributed by atoms with van der Waals surface area (Å²) in [6, 6.07) is 10.6. The summed E-state index contributed by atoms with van der Waals surface area (Å²) in [5.41, 5.74) is 7.49. The van der Waals surface area contributed by atoms with Gasteiger partial charge in [0.15, 0.2) is 11.5 Å². The number of furan rings is 1. The number of benzene rings is 1. The van der Waals surface area contributed by atoms with E-state index in [-0.39, 0.29) is 22.5 Å². The number of fused-ring (bicyclic) bond motifs is 1. The highest BCUT2D eigenvalue weighted by Crippen LogP contribution is 2.33. The summed E-state index contributed by atoms with van der Waals surface area (Å²) in [5, 5.41) is 3.35. The standard InChI is InChI=1S/C21H21ClFN5O2/c1-12(24)10-16-18(23)17-19(25-11-15-4-3-9-30-15)26-21(22)27-20(17)28(16)13-5-7-14(29-2)8-6-13/h3-9,12H,10-11,24H2,1-2H3,(H,25,26,27)/t12-/m0/s1. The molecule has 0 aliphatic rings. The largest absolute Gasteiger partial charge is 0.497 e. The molecule has 0 aliphatic heterocycles. The molecule has 4 aromatic rings. The van der Waals surface area contributed by atoms with Crippen molar-refractivity contribution in [1.29, 1.82) is 0 Å². The maximum absolute atomic E-state index is 15.7. The molecule has 3 heterocycles. The van der Waals surface area contributed by atoms with Crippen molar-refractivity contribution in [2.75, 3.05) is 12.4 Å². The van der Waals surface area contributed by atoms with Gasteiger partial charge in [-0.1, -0.05) is 0 Å². The topological polar surface area (TPSA) is 91.1 Å². The highest BCUT2D eigenvalue weighted by molar-refractivity contribution is 6.28. The SMILES string of the molecule is COc1ccc(-n2c(C[C@H](C)N)c(F)c3c(NCc4ccco4)nc(Cl)nc32)cc1. The van der Waals surface area contributed by atoms with Gasteiger partial charge >= 0.3 is 0 Å². The molecule has 1 aromatic carbocycles. The number of ether oxygens (including phenoxy) is 1. The van der Waals surface area contributed by atoms with Gasteiger partial charge in [0.1, 0.15) is 17.3 Å². The zero-order valence-corrected chi connectivity index (χ0v) is 17.3. The normalized spacial score (nSPS) is 12.3. The van der Waals surface area contributed by atoms with Crippen molar-refractivity contribution in [3.05, 3.63) is 65.2 Å². The number of nitrogens with two attached hydrogens (primary N) is 1. The van der Waals surface area contributed by atoms with E-state index in [0.717, 1.165) is 0 Å². The van der Waals surface area contributed by atoms with Gasteiger partial charge in [-0.25, -0.2) is 4.39 Å². The molecule has 156 valence electrons. The van der Waals surface area contributed by atoms with E-state index in [4.69, 9.17) is 26.5 Å². The van der Waals surface area contributed by atoms with E-state index in [1.54, 1.807) is 36.1 Å². The zero-order chi connectivity index (χ0) is 21.3. The Hall–Kier alpha value is -3.10. The Morgan fingerprint density at radius 1 is 1.27 bits per heavy atom. The minimum Gasteiger partial charge on any atom is -0.497 e. The summed E-state index contributed by atoms with van der Waals surface area (Å²) in [4.78, 5) is 8.54. The smallest absolute Gasteiger partial charge is 0.226 e. The lowest BCUT2D eigenvalue weighted by Gasteiger charge is -2.12. The van der Waals surface area contributed by atoms with Crippen molar-refractivity contribution in [3.8, 4) is 11.4 Å². The first kappa shape index (κ1) is 20.2. The molecule has 1 atom stereocenters. The molecule has 9 heteroatoms. The molecular formula is C21H21ClFN5O2. The van der Waals surface area contributed by atoms with Crippen LogP contribution in [0.5, 0.6) is 5.75 Å². The monoisotopic (exact) mass is 429 g/mol. The fourth-order valence-corrected chi connectivity index (χ4v) is 3.53. The maximum Gasteiger partial charge on any atom is 0.226 e. The van der Waals surface area contributed by atoms with E-state index in [2.05, 4.69) is 15.3 Å². The van der Waals surface area contributed by atoms with Crippen molar-refractivity contribution in [2.24, 2.45) is 5.73 Å².